The Morgan fingerprint density at radius 2 is 1.07 bits per heavy atom. The van der Waals surface area contributed by atoms with Gasteiger partial charge in [0, 0.05) is 18.1 Å². The average Bonchev–Trinajstić information content (AvgIpc) is 3.31. The topological polar surface area (TPSA) is 475 Å². The van der Waals surface area contributed by atoms with Gasteiger partial charge in [0.2, 0.25) is 4.93 Å². The summed E-state index contributed by atoms with van der Waals surface area (Å²) in [6.45, 7) is -0.772. The number of aliphatic hydroxyl groups is 18. The summed E-state index contributed by atoms with van der Waals surface area (Å²) in [5.41, 5.74) is -1.04. The Balaban J connectivity index is 0.000000500. The van der Waals surface area contributed by atoms with Gasteiger partial charge in [-0.2, -0.15) is 12.6 Å². The first-order chi connectivity index (χ1) is 31.4. The van der Waals surface area contributed by atoms with Crippen LogP contribution in [0.1, 0.15) is 13.3 Å². The van der Waals surface area contributed by atoms with E-state index in [4.69, 9.17) is 68.5 Å². The molecule has 19 N–H and O–H groups in total. The number of thiol groups is 3. The molecule has 0 aliphatic carbocycles. The van der Waals surface area contributed by atoms with E-state index in [1.54, 1.807) is 6.92 Å². The maximum absolute atomic E-state index is 10.6. The van der Waals surface area contributed by atoms with E-state index in [1.165, 1.54) is 0 Å². The highest BCUT2D eigenvalue weighted by Crippen LogP contribution is 2.33. The van der Waals surface area contributed by atoms with Crippen LogP contribution in [0, 0.1) is 5.92 Å². The van der Waals surface area contributed by atoms with Crippen molar-refractivity contribution in [2.24, 2.45) is 5.92 Å². The number of aliphatic hydroxyl groups excluding tert-OH is 18. The molecule has 68 heavy (non-hydrogen) atoms. The number of ether oxygens (including phenoxy) is 8. The van der Waals surface area contributed by atoms with E-state index in [9.17, 15) is 71.2 Å². The van der Waals surface area contributed by atoms with E-state index in [2.05, 4.69) is 37.9 Å². The molecule has 0 saturated carbocycles. The standard InChI is InChI=1S/C14H26O11S.C12H22O10S.C7H12O4S.C3H8O3.BH4/c15-3-5-7(16)9(18)12(21)14(24-5)23-4-6-8(17)10(19)11(20)13(25-6)22-1-2-26;13-1-3-5(15)6(16)8(18)11(20-3)22-10-4(2-14)21-12(23)9(19)7(10)17;1-4-3-11-7(12,6(9)10)2-5(4)8;4-1-3(6)2-5;/h5-21,26H,1-4H2;3-19,23H,1-2H2;4-5,8,12H,2-3H2,1H3,(H,9,10);3-6H,1-2H2;1H4/q;;;;-1/t5?,6?,7-,8-,9+,10+,11-,12-,13?,14?;3?,4?,5-,6+,7-,8+,9+,10-,11?,12?;4-,5+,7?;;/m110../s1. The second kappa shape index (κ2) is 31.3. The van der Waals surface area contributed by atoms with E-state index in [1.807, 2.05) is 0 Å². The molecule has 5 fully saturated rings. The molecule has 5 saturated heterocycles. The molecule has 23 atom stereocenters. The molecule has 0 bridgehead atoms. The van der Waals surface area contributed by atoms with Crippen LogP contribution in [0.3, 0.4) is 0 Å². The molecular weight excluding hydrogens is 987 g/mol. The van der Waals surface area contributed by atoms with Gasteiger partial charge in [0.15, 0.2) is 18.9 Å². The van der Waals surface area contributed by atoms with Crippen molar-refractivity contribution in [1.29, 1.82) is 0 Å². The largest absolute Gasteiger partial charge is 0.478 e. The first kappa shape index (κ1) is 65.6. The second-order valence-electron chi connectivity index (χ2n) is 15.8. The van der Waals surface area contributed by atoms with Crippen molar-refractivity contribution in [3.05, 3.63) is 0 Å². The predicted molar refractivity (Wildman–Crippen MR) is 238 cm³/mol. The van der Waals surface area contributed by atoms with Crippen molar-refractivity contribution in [3.63, 3.8) is 0 Å². The first-order valence-electron chi connectivity index (χ1n) is 20.7. The summed E-state index contributed by atoms with van der Waals surface area (Å²) in [6, 6.07) is 0. The first-order valence-corrected chi connectivity index (χ1v) is 22.3. The van der Waals surface area contributed by atoms with E-state index in [0.717, 1.165) is 0 Å². The zero-order valence-corrected chi connectivity index (χ0v) is 38.5. The Bertz CT molecular complexity index is 1390. The molecule has 406 valence electrons. The van der Waals surface area contributed by atoms with Crippen LogP contribution < -0.4 is 0 Å². The molecule has 0 radical (unpaired) electrons. The van der Waals surface area contributed by atoms with Crippen molar-refractivity contribution < 1.29 is 140 Å². The number of hydrogen-bond acceptors (Lipinski definition) is 30. The van der Waals surface area contributed by atoms with Crippen LogP contribution in [0.25, 0.3) is 0 Å². The third-order valence-corrected chi connectivity index (χ3v) is 11.9. The molecule has 5 rings (SSSR count). The van der Waals surface area contributed by atoms with Gasteiger partial charge in [-0.05, 0) is 0 Å². The molecule has 28 nitrogen and oxygen atoms in total. The maximum atomic E-state index is 10.6. The molecule has 0 aromatic rings. The lowest BCUT2D eigenvalue weighted by molar-refractivity contribution is -0.338. The van der Waals surface area contributed by atoms with Gasteiger partial charge >= 0.3 is 5.97 Å². The van der Waals surface area contributed by atoms with Gasteiger partial charge in [0.1, 0.15) is 109 Å². The highest BCUT2D eigenvalue weighted by molar-refractivity contribution is 7.82. The predicted octanol–water partition coefficient (Wildman–Crippen LogP) is -11.9. The number of aliphatic carboxylic acids is 1. The van der Waals surface area contributed by atoms with Gasteiger partial charge in [-0.3, -0.25) is 0 Å². The molecular formula is C36H72BO28S3-. The lowest BCUT2D eigenvalue weighted by atomic mass is 9.96. The summed E-state index contributed by atoms with van der Waals surface area (Å²) < 4.78 is 41.7. The SMILES string of the molecule is C[C@H]1COC(S)(C(=O)O)C[C@H]1O.OCC(O)CO.OCC1OC(OCC2OC(OCCS)[C@H](O)[C@@H](O)[C@@H]2O)[C@H](O)[C@@H](O)[C@@H]1O.OCC1OC(O[C@@H]2C(CO)OC(S)[C@@H](O)[C@H]2O)[C@@H](O)[C@@H](O)[C@@H]1O.[BH4-]. The fourth-order valence-corrected chi connectivity index (χ4v) is 7.16. The van der Waals surface area contributed by atoms with E-state index in [-0.39, 0.29) is 47.2 Å². The summed E-state index contributed by atoms with van der Waals surface area (Å²) in [5.74, 6) is -0.821. The van der Waals surface area contributed by atoms with Crippen LogP contribution in [0.2, 0.25) is 0 Å². The highest BCUT2D eigenvalue weighted by atomic mass is 32.1. The third kappa shape index (κ3) is 17.9. The van der Waals surface area contributed by atoms with Crippen molar-refractivity contribution in [2.75, 3.05) is 58.6 Å². The van der Waals surface area contributed by atoms with Crippen LogP contribution in [0.5, 0.6) is 0 Å². The van der Waals surface area contributed by atoms with E-state index < -0.39 is 172 Å². The van der Waals surface area contributed by atoms with Gasteiger partial charge < -0.3 is 135 Å². The van der Waals surface area contributed by atoms with Gasteiger partial charge in [-0.1, -0.05) is 15.3 Å². The molecule has 5 aliphatic rings. The molecule has 5 aliphatic heterocycles. The number of carboxylic acid groups (broad SMARTS) is 1. The highest BCUT2D eigenvalue weighted by Gasteiger charge is 2.51. The fourth-order valence-electron chi connectivity index (χ4n) is 6.46. The van der Waals surface area contributed by atoms with Gasteiger partial charge in [0.25, 0.3) is 0 Å². The summed E-state index contributed by atoms with van der Waals surface area (Å²) in [4.78, 5) is 9.11. The van der Waals surface area contributed by atoms with Crippen LogP contribution in [-0.2, 0) is 42.7 Å². The molecule has 0 spiro atoms. The quantitative estimate of drug-likeness (QED) is 0.0567. The van der Waals surface area contributed by atoms with Gasteiger partial charge in [0.05, 0.1) is 59.0 Å². The van der Waals surface area contributed by atoms with Crippen molar-refractivity contribution >= 4 is 52.3 Å². The Morgan fingerprint density at radius 1 is 0.632 bits per heavy atom. The zero-order chi connectivity index (χ0) is 51.1. The summed E-state index contributed by atoms with van der Waals surface area (Å²) >= 11 is 11.7. The number of carboxylic acids is 1. The van der Waals surface area contributed by atoms with E-state index >= 15 is 0 Å². The normalized spacial score (nSPS) is 43.9. The molecule has 5 heterocycles. The minimum atomic E-state index is -1.68. The average molecular weight is 1060 g/mol. The molecule has 0 aromatic heterocycles. The van der Waals surface area contributed by atoms with Gasteiger partial charge in [-0.25, -0.2) is 4.79 Å². The fraction of sp³-hybridized carbons (Fsp3) is 0.972. The van der Waals surface area contributed by atoms with E-state index in [0.29, 0.717) is 5.75 Å². The van der Waals surface area contributed by atoms with Gasteiger partial charge in [-0.15, -0.1) is 25.3 Å². The maximum Gasteiger partial charge on any atom is 0.346 e. The Labute approximate surface area is 407 Å². The zero-order valence-electron chi connectivity index (χ0n) is 35.9. The second-order valence-corrected chi connectivity index (χ2v) is 17.5. The number of rotatable bonds is 14. The van der Waals surface area contributed by atoms with Crippen molar-refractivity contribution in [2.45, 2.75) is 152 Å². The van der Waals surface area contributed by atoms with Crippen LogP contribution in [0.15, 0.2) is 0 Å². The number of carbonyl (C=O) groups is 1. The Morgan fingerprint density at radius 3 is 1.50 bits per heavy atom. The van der Waals surface area contributed by atoms with Crippen LogP contribution >= 0.6 is 37.9 Å². The Kier molecular flexibility index (Phi) is 30.2. The molecule has 0 aromatic carbocycles. The third-order valence-electron chi connectivity index (χ3n) is 10.8. The molecule has 9 unspecified atom stereocenters. The van der Waals surface area contributed by atoms with Crippen molar-refractivity contribution in [3.8, 4) is 0 Å². The summed E-state index contributed by atoms with van der Waals surface area (Å²) in [6.07, 6.45) is -28.6. The minimum Gasteiger partial charge on any atom is -0.478 e. The van der Waals surface area contributed by atoms with Crippen molar-refractivity contribution in [1.82, 2.24) is 0 Å². The van der Waals surface area contributed by atoms with Crippen LogP contribution in [0.4, 0.5) is 0 Å². The Hall–Kier alpha value is -0.455. The number of hydrogen-bond donors (Lipinski definition) is 22. The smallest absolute Gasteiger partial charge is 0.346 e. The summed E-state index contributed by atoms with van der Waals surface area (Å²) in [5, 5.41) is 178. The van der Waals surface area contributed by atoms with Crippen LogP contribution in [-0.4, -0.2) is 309 Å². The summed E-state index contributed by atoms with van der Waals surface area (Å²) in [7, 11) is 0. The lowest BCUT2D eigenvalue weighted by Gasteiger charge is -2.45. The molecule has 32 heteroatoms. The monoisotopic (exact) mass is 1060 g/mol. The molecule has 0 amide bonds. The minimum absolute atomic E-state index is 0. The lowest BCUT2D eigenvalue weighted by Crippen LogP contribution is -2.63.